The van der Waals surface area contributed by atoms with Crippen LogP contribution in [0.2, 0.25) is 0 Å². The number of halogens is 3. The summed E-state index contributed by atoms with van der Waals surface area (Å²) in [4.78, 5) is 23.7. The van der Waals surface area contributed by atoms with E-state index in [2.05, 4.69) is 5.32 Å². The fraction of sp³-hybridized carbons (Fsp3) is 0.300. The van der Waals surface area contributed by atoms with Gasteiger partial charge in [0.15, 0.2) is 0 Å². The molecular weight excluding hydrogens is 359 g/mol. The second kappa shape index (κ2) is 8.70. The average Bonchev–Trinajstić information content (AvgIpc) is 2.62. The largest absolute Gasteiger partial charge is 0.481 e. The van der Waals surface area contributed by atoms with Crippen LogP contribution in [0.5, 0.6) is 0 Å². The summed E-state index contributed by atoms with van der Waals surface area (Å²) in [7, 11) is 0. The van der Waals surface area contributed by atoms with Gasteiger partial charge < -0.3 is 10.4 Å². The number of carbonyl (C=O) groups excluding carboxylic acids is 1. The molecule has 0 aliphatic heterocycles. The van der Waals surface area contributed by atoms with Gasteiger partial charge in [-0.2, -0.15) is 13.2 Å². The van der Waals surface area contributed by atoms with E-state index >= 15 is 0 Å². The molecule has 0 radical (unpaired) electrons. The van der Waals surface area contributed by atoms with Crippen molar-refractivity contribution in [3.63, 3.8) is 0 Å². The number of carbonyl (C=O) groups is 2. The topological polar surface area (TPSA) is 66.4 Å². The van der Waals surface area contributed by atoms with Gasteiger partial charge in [0.25, 0.3) is 0 Å². The number of nitrogens with one attached hydrogen (secondary N) is 1. The van der Waals surface area contributed by atoms with E-state index in [1.54, 1.807) is 37.3 Å². The van der Waals surface area contributed by atoms with E-state index in [1.165, 1.54) is 12.1 Å². The predicted molar refractivity (Wildman–Crippen MR) is 94.1 cm³/mol. The molecule has 7 heteroatoms. The quantitative estimate of drug-likeness (QED) is 0.768. The van der Waals surface area contributed by atoms with Gasteiger partial charge in [-0.05, 0) is 29.7 Å². The van der Waals surface area contributed by atoms with Crippen LogP contribution in [0.25, 0.3) is 0 Å². The first kappa shape index (κ1) is 20.5. The number of rotatable bonds is 7. The molecule has 2 aromatic carbocycles. The van der Waals surface area contributed by atoms with Gasteiger partial charge in [0.2, 0.25) is 5.91 Å². The minimum absolute atomic E-state index is 0.0600. The summed E-state index contributed by atoms with van der Waals surface area (Å²) in [5, 5.41) is 12.0. The van der Waals surface area contributed by atoms with Crippen molar-refractivity contribution in [2.45, 2.75) is 25.4 Å². The molecule has 144 valence electrons. The molecule has 0 aliphatic rings. The number of alkyl halides is 3. The standard InChI is InChI=1S/C20H20F3NO3/c1-13(11-14-7-9-16(10-8-14)20(21,22)23)18(25)24-12-17(19(26)27)15-5-3-2-4-6-15/h2-10,13,17H,11-12H2,1H3,(H,24,25)(H,26,27). The normalized spacial score (nSPS) is 13.6. The van der Waals surface area contributed by atoms with Gasteiger partial charge in [-0.1, -0.05) is 49.4 Å². The minimum Gasteiger partial charge on any atom is -0.481 e. The molecule has 2 unspecified atom stereocenters. The van der Waals surface area contributed by atoms with Crippen LogP contribution in [0.3, 0.4) is 0 Å². The van der Waals surface area contributed by atoms with Crippen molar-refractivity contribution in [2.24, 2.45) is 5.92 Å². The van der Waals surface area contributed by atoms with Crippen molar-refractivity contribution < 1.29 is 27.9 Å². The Morgan fingerprint density at radius 3 is 2.15 bits per heavy atom. The lowest BCUT2D eigenvalue weighted by Crippen LogP contribution is -2.35. The Hall–Kier alpha value is -2.83. The first-order valence-electron chi connectivity index (χ1n) is 8.40. The molecule has 0 aromatic heterocycles. The summed E-state index contributed by atoms with van der Waals surface area (Å²) >= 11 is 0. The van der Waals surface area contributed by atoms with E-state index < -0.39 is 29.5 Å². The highest BCUT2D eigenvalue weighted by Gasteiger charge is 2.30. The third kappa shape index (κ3) is 5.84. The second-order valence-electron chi connectivity index (χ2n) is 6.35. The van der Waals surface area contributed by atoms with Crippen LogP contribution < -0.4 is 5.32 Å². The fourth-order valence-electron chi connectivity index (χ4n) is 2.69. The summed E-state index contributed by atoms with van der Waals surface area (Å²) in [5.74, 6) is -2.77. The fourth-order valence-corrected chi connectivity index (χ4v) is 2.69. The highest BCUT2D eigenvalue weighted by molar-refractivity contribution is 5.81. The SMILES string of the molecule is CC(Cc1ccc(C(F)(F)F)cc1)C(=O)NCC(C(=O)O)c1ccccc1. The van der Waals surface area contributed by atoms with Gasteiger partial charge in [-0.3, -0.25) is 9.59 Å². The molecule has 27 heavy (non-hydrogen) atoms. The third-order valence-electron chi connectivity index (χ3n) is 4.25. The Bertz CT molecular complexity index is 773. The Kier molecular flexibility index (Phi) is 6.60. The zero-order chi connectivity index (χ0) is 20.0. The van der Waals surface area contributed by atoms with Crippen molar-refractivity contribution in [3.05, 3.63) is 71.3 Å². The number of hydrogen-bond acceptors (Lipinski definition) is 2. The molecule has 0 fully saturated rings. The number of amides is 1. The maximum atomic E-state index is 12.6. The molecule has 2 atom stereocenters. The van der Waals surface area contributed by atoms with Crippen LogP contribution >= 0.6 is 0 Å². The monoisotopic (exact) mass is 379 g/mol. The highest BCUT2D eigenvalue weighted by Crippen LogP contribution is 2.29. The Morgan fingerprint density at radius 1 is 1.04 bits per heavy atom. The van der Waals surface area contributed by atoms with E-state index in [0.717, 1.165) is 12.1 Å². The van der Waals surface area contributed by atoms with Crippen LogP contribution in [-0.2, 0) is 22.2 Å². The van der Waals surface area contributed by atoms with E-state index in [1.807, 2.05) is 0 Å². The lowest BCUT2D eigenvalue weighted by Gasteiger charge is -2.17. The van der Waals surface area contributed by atoms with Crippen molar-refractivity contribution in [3.8, 4) is 0 Å². The molecule has 4 nitrogen and oxygen atoms in total. The summed E-state index contributed by atoms with van der Waals surface area (Å²) in [6.45, 7) is 1.58. The Labute approximate surface area is 155 Å². The van der Waals surface area contributed by atoms with Crippen molar-refractivity contribution >= 4 is 11.9 Å². The minimum atomic E-state index is -4.40. The van der Waals surface area contributed by atoms with E-state index in [-0.39, 0.29) is 18.9 Å². The number of benzene rings is 2. The number of carboxylic acid groups (broad SMARTS) is 1. The van der Waals surface area contributed by atoms with Crippen LogP contribution in [-0.4, -0.2) is 23.5 Å². The first-order chi connectivity index (χ1) is 12.7. The van der Waals surface area contributed by atoms with Crippen LogP contribution in [0, 0.1) is 5.92 Å². The van der Waals surface area contributed by atoms with E-state index in [9.17, 15) is 27.9 Å². The molecule has 0 spiro atoms. The summed E-state index contributed by atoms with van der Waals surface area (Å²) < 4.78 is 37.7. The zero-order valence-corrected chi connectivity index (χ0v) is 14.7. The van der Waals surface area contributed by atoms with Gasteiger partial charge in [-0.15, -0.1) is 0 Å². The molecule has 0 saturated carbocycles. The number of aliphatic carboxylic acids is 1. The maximum Gasteiger partial charge on any atom is 0.416 e. The lowest BCUT2D eigenvalue weighted by molar-refractivity contribution is -0.139. The number of carboxylic acids is 1. The molecule has 0 aliphatic carbocycles. The van der Waals surface area contributed by atoms with Gasteiger partial charge in [-0.25, -0.2) is 0 Å². The molecule has 2 aromatic rings. The summed E-state index contributed by atoms with van der Waals surface area (Å²) in [6.07, 6.45) is -4.14. The molecule has 0 heterocycles. The lowest BCUT2D eigenvalue weighted by atomic mass is 9.97. The molecule has 0 bridgehead atoms. The van der Waals surface area contributed by atoms with Crippen molar-refractivity contribution in [1.29, 1.82) is 0 Å². The Morgan fingerprint density at radius 2 is 1.63 bits per heavy atom. The van der Waals surface area contributed by atoms with Crippen molar-refractivity contribution in [1.82, 2.24) is 5.32 Å². The van der Waals surface area contributed by atoms with Gasteiger partial charge in [0, 0.05) is 12.5 Å². The summed E-state index contributed by atoms with van der Waals surface area (Å²) in [5.41, 5.74) is 0.444. The summed E-state index contributed by atoms with van der Waals surface area (Å²) in [6, 6.07) is 13.2. The Balaban J connectivity index is 1.94. The van der Waals surface area contributed by atoms with Crippen LogP contribution in [0.1, 0.15) is 29.5 Å². The third-order valence-corrected chi connectivity index (χ3v) is 4.25. The molecular formula is C20H20F3NO3. The van der Waals surface area contributed by atoms with E-state index in [4.69, 9.17) is 0 Å². The maximum absolute atomic E-state index is 12.6. The predicted octanol–water partition coefficient (Wildman–Crippen LogP) is 3.87. The first-order valence-corrected chi connectivity index (χ1v) is 8.40. The number of hydrogen-bond donors (Lipinski definition) is 2. The highest BCUT2D eigenvalue weighted by atomic mass is 19.4. The van der Waals surface area contributed by atoms with Crippen LogP contribution in [0.4, 0.5) is 13.2 Å². The molecule has 1 amide bonds. The second-order valence-corrected chi connectivity index (χ2v) is 6.35. The van der Waals surface area contributed by atoms with E-state index in [0.29, 0.717) is 11.1 Å². The van der Waals surface area contributed by atoms with Gasteiger partial charge in [0.05, 0.1) is 11.5 Å². The zero-order valence-electron chi connectivity index (χ0n) is 14.7. The molecule has 2 N–H and O–H groups in total. The van der Waals surface area contributed by atoms with Gasteiger partial charge >= 0.3 is 12.1 Å². The van der Waals surface area contributed by atoms with Crippen LogP contribution in [0.15, 0.2) is 54.6 Å². The smallest absolute Gasteiger partial charge is 0.416 e. The molecule has 2 rings (SSSR count). The molecule has 0 saturated heterocycles. The van der Waals surface area contributed by atoms with Gasteiger partial charge in [0.1, 0.15) is 0 Å². The van der Waals surface area contributed by atoms with Crippen molar-refractivity contribution in [2.75, 3.05) is 6.54 Å². The average molecular weight is 379 g/mol.